The van der Waals surface area contributed by atoms with Gasteiger partial charge >= 0.3 is 12.1 Å². The van der Waals surface area contributed by atoms with Crippen molar-refractivity contribution >= 4 is 16.9 Å². The van der Waals surface area contributed by atoms with Crippen molar-refractivity contribution in [2.24, 2.45) is 0 Å². The second kappa shape index (κ2) is 11.3. The summed E-state index contributed by atoms with van der Waals surface area (Å²) in [6.07, 6.45) is -12.0. The number of esters is 1. The lowest BCUT2D eigenvalue weighted by atomic mass is 9.99. The number of aliphatic hydroxyl groups is 4. The van der Waals surface area contributed by atoms with Crippen LogP contribution in [-0.4, -0.2) is 75.0 Å². The van der Waals surface area contributed by atoms with Crippen LogP contribution in [0.1, 0.15) is 35.8 Å². The van der Waals surface area contributed by atoms with Gasteiger partial charge in [-0.05, 0) is 35.7 Å². The van der Waals surface area contributed by atoms with Gasteiger partial charge in [-0.2, -0.15) is 17.9 Å². The van der Waals surface area contributed by atoms with Gasteiger partial charge in [0.2, 0.25) is 0 Å². The van der Waals surface area contributed by atoms with Gasteiger partial charge in [-0.25, -0.2) is 4.79 Å². The van der Waals surface area contributed by atoms with Crippen molar-refractivity contribution in [2.75, 3.05) is 13.2 Å². The van der Waals surface area contributed by atoms with E-state index in [2.05, 4.69) is 0 Å². The summed E-state index contributed by atoms with van der Waals surface area (Å²) < 4.78 is 53.9. The molecule has 4 N–H and O–H groups in total. The number of hydrogen-bond donors (Lipinski definition) is 4. The quantitative estimate of drug-likeness (QED) is 0.254. The Bertz CT molecular complexity index is 1260. The van der Waals surface area contributed by atoms with E-state index in [9.17, 15) is 38.4 Å². The SMILES string of the molecule is CCCCOC(=O)c1cc2c(C(F)(F)F)cc(-c3ccccc3)cc2n1O[C@@H]1O[C@H](CO)[C@@H](O)[C@H](O)[C@H]1O. The van der Waals surface area contributed by atoms with Crippen molar-refractivity contribution in [2.45, 2.75) is 56.6 Å². The Kier molecular flexibility index (Phi) is 8.28. The minimum Gasteiger partial charge on any atom is -0.461 e. The Hall–Kier alpha value is -3.16. The normalized spacial score (nSPS) is 23.9. The van der Waals surface area contributed by atoms with E-state index in [4.69, 9.17) is 14.3 Å². The molecule has 2 aromatic carbocycles. The third-order valence-electron chi connectivity index (χ3n) is 6.29. The van der Waals surface area contributed by atoms with Crippen molar-refractivity contribution < 1.29 is 52.7 Å². The van der Waals surface area contributed by atoms with Gasteiger partial charge in [-0.1, -0.05) is 43.7 Å². The number of carbonyl (C=O) groups excluding carboxylic acids is 1. The predicted octanol–water partition coefficient (Wildman–Crippen LogP) is 2.51. The number of hydrogen-bond acceptors (Lipinski definition) is 8. The first kappa shape index (κ1) is 27.9. The molecule has 9 nitrogen and oxygen atoms in total. The third kappa shape index (κ3) is 5.49. The molecule has 1 saturated heterocycles. The highest BCUT2D eigenvalue weighted by Crippen LogP contribution is 2.39. The van der Waals surface area contributed by atoms with Crippen LogP contribution >= 0.6 is 0 Å². The Morgan fingerprint density at radius 3 is 2.37 bits per heavy atom. The predicted molar refractivity (Wildman–Crippen MR) is 128 cm³/mol. The number of unbranched alkanes of at least 4 members (excludes halogenated alkanes) is 1. The minimum atomic E-state index is -4.80. The van der Waals surface area contributed by atoms with Crippen LogP contribution in [0.3, 0.4) is 0 Å². The first-order valence-electron chi connectivity index (χ1n) is 12.0. The number of aliphatic hydroxyl groups excluding tert-OH is 4. The van der Waals surface area contributed by atoms with Gasteiger partial charge in [0.1, 0.15) is 24.4 Å². The highest BCUT2D eigenvalue weighted by Gasteiger charge is 2.46. The van der Waals surface area contributed by atoms with Crippen molar-refractivity contribution in [1.29, 1.82) is 0 Å². The van der Waals surface area contributed by atoms with Gasteiger partial charge in [0.25, 0.3) is 6.29 Å². The number of benzene rings is 2. The molecular weight excluding hydrogens is 511 g/mol. The zero-order valence-corrected chi connectivity index (χ0v) is 20.3. The average Bonchev–Trinajstić information content (AvgIpc) is 3.26. The molecule has 1 aliphatic rings. The van der Waals surface area contributed by atoms with E-state index in [0.29, 0.717) is 18.4 Å². The van der Waals surface area contributed by atoms with E-state index in [0.717, 1.165) is 16.9 Å². The Balaban J connectivity index is 1.89. The molecular formula is C26H28F3NO8. The monoisotopic (exact) mass is 539 g/mol. The highest BCUT2D eigenvalue weighted by atomic mass is 19.4. The number of halogens is 3. The second-order valence-corrected chi connectivity index (χ2v) is 8.94. The molecule has 1 aromatic heterocycles. The Labute approximate surface area is 215 Å². The second-order valence-electron chi connectivity index (χ2n) is 8.94. The molecule has 3 aromatic rings. The van der Waals surface area contributed by atoms with Crippen LogP contribution in [0.25, 0.3) is 22.0 Å². The summed E-state index contributed by atoms with van der Waals surface area (Å²) in [5.41, 5.74) is -0.991. The molecule has 0 bridgehead atoms. The lowest BCUT2D eigenvalue weighted by Gasteiger charge is -2.39. The number of rotatable bonds is 8. The first-order valence-corrected chi connectivity index (χ1v) is 12.0. The molecule has 2 heterocycles. The average molecular weight is 540 g/mol. The van der Waals surface area contributed by atoms with Gasteiger partial charge in [0.05, 0.1) is 24.3 Å². The zero-order valence-electron chi connectivity index (χ0n) is 20.3. The molecule has 206 valence electrons. The van der Waals surface area contributed by atoms with E-state index in [1.807, 2.05) is 6.92 Å². The fourth-order valence-electron chi connectivity index (χ4n) is 4.21. The number of nitrogens with zero attached hydrogens (tertiary/aromatic N) is 1. The number of aromatic nitrogens is 1. The Morgan fingerprint density at radius 1 is 1.03 bits per heavy atom. The van der Waals surface area contributed by atoms with Gasteiger partial charge in [0.15, 0.2) is 5.69 Å². The van der Waals surface area contributed by atoms with E-state index in [-0.39, 0.29) is 23.1 Å². The van der Waals surface area contributed by atoms with Crippen LogP contribution in [0.5, 0.6) is 0 Å². The molecule has 1 aliphatic heterocycles. The molecule has 0 aliphatic carbocycles. The molecule has 12 heteroatoms. The van der Waals surface area contributed by atoms with Crippen LogP contribution in [0, 0.1) is 0 Å². The highest BCUT2D eigenvalue weighted by molar-refractivity contribution is 5.98. The fourth-order valence-corrected chi connectivity index (χ4v) is 4.21. The van der Waals surface area contributed by atoms with Crippen LogP contribution in [-0.2, 0) is 15.7 Å². The summed E-state index contributed by atoms with van der Waals surface area (Å²) in [5, 5.41) is 39.8. The molecule has 0 radical (unpaired) electrons. The van der Waals surface area contributed by atoms with Crippen LogP contribution in [0.2, 0.25) is 0 Å². The summed E-state index contributed by atoms with van der Waals surface area (Å²) in [5.74, 6) is -0.978. The largest absolute Gasteiger partial charge is 0.461 e. The maximum absolute atomic E-state index is 14.2. The van der Waals surface area contributed by atoms with Gasteiger partial charge in [-0.15, -0.1) is 0 Å². The maximum Gasteiger partial charge on any atom is 0.417 e. The molecule has 0 unspecified atom stereocenters. The lowest BCUT2D eigenvalue weighted by molar-refractivity contribution is -0.299. The molecule has 0 saturated carbocycles. The van der Waals surface area contributed by atoms with Gasteiger partial charge in [0, 0.05) is 5.39 Å². The summed E-state index contributed by atoms with van der Waals surface area (Å²) in [6.45, 7) is 1.13. The molecule has 5 atom stereocenters. The zero-order chi connectivity index (χ0) is 27.6. The van der Waals surface area contributed by atoms with Crippen molar-refractivity contribution in [1.82, 2.24) is 4.73 Å². The summed E-state index contributed by atoms with van der Waals surface area (Å²) in [7, 11) is 0. The smallest absolute Gasteiger partial charge is 0.417 e. The van der Waals surface area contributed by atoms with Gasteiger partial charge < -0.3 is 34.7 Å². The summed E-state index contributed by atoms with van der Waals surface area (Å²) >= 11 is 0. The standard InChI is InChI=1S/C26H28F3NO8/c1-2-3-9-36-24(35)19-12-16-17(26(27,28)29)10-15(14-7-5-4-6-8-14)11-18(16)30(19)38-25-23(34)22(33)21(32)20(13-31)37-25/h4-8,10-12,20-23,25,31-34H,2-3,9,13H2,1H3/t20-,21-,22+,23-,25+/m1/s1. The molecule has 1 fully saturated rings. The van der Waals surface area contributed by atoms with Crippen LogP contribution in [0.4, 0.5) is 13.2 Å². The molecule has 0 spiro atoms. The minimum absolute atomic E-state index is 0.0122. The van der Waals surface area contributed by atoms with Crippen LogP contribution < -0.4 is 4.84 Å². The van der Waals surface area contributed by atoms with E-state index < -0.39 is 60.7 Å². The van der Waals surface area contributed by atoms with E-state index >= 15 is 0 Å². The molecule has 0 amide bonds. The van der Waals surface area contributed by atoms with Crippen LogP contribution in [0.15, 0.2) is 48.5 Å². The summed E-state index contributed by atoms with van der Waals surface area (Å²) in [6, 6.07) is 11.6. The number of fused-ring (bicyclic) bond motifs is 1. The van der Waals surface area contributed by atoms with Crippen molar-refractivity contribution in [3.8, 4) is 11.1 Å². The summed E-state index contributed by atoms with van der Waals surface area (Å²) in [4.78, 5) is 18.6. The molecule has 38 heavy (non-hydrogen) atoms. The van der Waals surface area contributed by atoms with E-state index in [1.54, 1.807) is 30.3 Å². The Morgan fingerprint density at radius 2 is 1.74 bits per heavy atom. The van der Waals surface area contributed by atoms with E-state index in [1.165, 1.54) is 6.07 Å². The lowest BCUT2D eigenvalue weighted by Crippen LogP contribution is -2.61. The molecule has 4 rings (SSSR count). The van der Waals surface area contributed by atoms with Gasteiger partial charge in [-0.3, -0.25) is 0 Å². The van der Waals surface area contributed by atoms with Crippen molar-refractivity contribution in [3.63, 3.8) is 0 Å². The first-order chi connectivity index (χ1) is 18.1. The topological polar surface area (TPSA) is 131 Å². The number of alkyl halides is 3. The number of ether oxygens (including phenoxy) is 2. The fraction of sp³-hybridized carbons (Fsp3) is 0.423. The number of carbonyl (C=O) groups is 1. The maximum atomic E-state index is 14.2. The van der Waals surface area contributed by atoms with Crippen molar-refractivity contribution in [3.05, 3.63) is 59.8 Å². The third-order valence-corrected chi connectivity index (χ3v) is 6.29.